The van der Waals surface area contributed by atoms with Gasteiger partial charge in [0.25, 0.3) is 0 Å². The van der Waals surface area contributed by atoms with Gasteiger partial charge < -0.3 is 9.94 Å². The third kappa shape index (κ3) is 1.08. The first-order valence-electron chi connectivity index (χ1n) is 4.62. The molecule has 1 aliphatic carbocycles. The number of nitrogens with zero attached hydrogens (tertiary/aromatic N) is 2. The van der Waals surface area contributed by atoms with Gasteiger partial charge in [-0.1, -0.05) is 6.07 Å². The fourth-order valence-corrected chi connectivity index (χ4v) is 1.93. The first-order chi connectivity index (χ1) is 7.25. The van der Waals surface area contributed by atoms with Gasteiger partial charge in [0, 0.05) is 36.1 Å². The van der Waals surface area contributed by atoms with E-state index in [1.54, 1.807) is 12.3 Å². The van der Waals surface area contributed by atoms with Crippen molar-refractivity contribution in [1.29, 1.82) is 0 Å². The van der Waals surface area contributed by atoms with Crippen LogP contribution in [0.25, 0.3) is 11.3 Å². The molecule has 0 bridgehead atoms. The third-order valence-corrected chi connectivity index (χ3v) is 2.60. The van der Waals surface area contributed by atoms with E-state index in [1.165, 1.54) is 12.4 Å². The average molecular weight is 199 g/mol. The molecule has 15 heavy (non-hydrogen) atoms. The molecule has 4 heteroatoms. The number of ketones is 1. The van der Waals surface area contributed by atoms with Gasteiger partial charge in [-0.2, -0.15) is 0 Å². The highest BCUT2D eigenvalue weighted by molar-refractivity contribution is 6.06. The molecule has 0 aromatic carbocycles. The Hall–Kier alpha value is -2.10. The van der Waals surface area contributed by atoms with Crippen molar-refractivity contribution in [2.45, 2.75) is 6.42 Å². The number of rotatable bonds is 0. The first kappa shape index (κ1) is 8.23. The summed E-state index contributed by atoms with van der Waals surface area (Å²) in [5.41, 5.74) is 2.77. The highest BCUT2D eigenvalue weighted by Gasteiger charge is 2.23. The molecule has 0 spiro atoms. The molecule has 0 aliphatic heterocycles. The van der Waals surface area contributed by atoms with Crippen LogP contribution >= 0.6 is 0 Å². The number of hydrogen-bond acceptors (Lipinski definition) is 3. The van der Waals surface area contributed by atoms with Crippen molar-refractivity contribution in [3.05, 3.63) is 47.1 Å². The molecule has 0 unspecified atom stereocenters. The van der Waals surface area contributed by atoms with Gasteiger partial charge in [0.15, 0.2) is 5.78 Å². The summed E-state index contributed by atoms with van der Waals surface area (Å²) in [6.07, 6.45) is 4.72. The number of aromatic nitrogens is 2. The molecule has 0 saturated heterocycles. The van der Waals surface area contributed by atoms with Crippen molar-refractivity contribution in [3.8, 4) is 11.3 Å². The summed E-state index contributed by atoms with van der Waals surface area (Å²) in [5, 5.41) is 11.1. The van der Waals surface area contributed by atoms with Crippen LogP contribution in [-0.4, -0.2) is 15.5 Å². The average Bonchev–Trinajstić information content (AvgIpc) is 2.61. The molecule has 4 nitrogen and oxygen atoms in total. The van der Waals surface area contributed by atoms with E-state index in [-0.39, 0.29) is 5.78 Å². The molecule has 2 aromatic rings. The number of hydrogen-bond donors (Lipinski definition) is 0. The van der Waals surface area contributed by atoms with Crippen molar-refractivity contribution in [2.24, 2.45) is 0 Å². The second-order valence-corrected chi connectivity index (χ2v) is 3.56. The van der Waals surface area contributed by atoms with Gasteiger partial charge in [0.05, 0.1) is 5.69 Å². The van der Waals surface area contributed by atoms with Crippen LogP contribution in [0.1, 0.15) is 15.9 Å². The fraction of sp³-hybridized carbons (Fsp3) is 0.0909. The second-order valence-electron chi connectivity index (χ2n) is 3.56. The molecule has 0 saturated carbocycles. The fourth-order valence-electron chi connectivity index (χ4n) is 1.93. The molecule has 3 rings (SSSR count). The van der Waals surface area contributed by atoms with Gasteiger partial charge in [-0.15, -0.1) is 0 Å². The molecule has 74 valence electrons. The first-order valence-corrected chi connectivity index (χ1v) is 4.62. The molecule has 1 aliphatic rings. The normalized spacial score (nSPS) is 13.5. The van der Waals surface area contributed by atoms with Crippen LogP contribution in [0.2, 0.25) is 0 Å². The van der Waals surface area contributed by atoms with Gasteiger partial charge in [0.1, 0.15) is 0 Å². The lowest BCUT2D eigenvalue weighted by atomic mass is 9.91. The largest absolute Gasteiger partial charge is 0.806 e. The van der Waals surface area contributed by atoms with Gasteiger partial charge in [-0.3, -0.25) is 9.78 Å². The van der Waals surface area contributed by atoms with Crippen molar-refractivity contribution in [3.63, 3.8) is 0 Å². The lowest BCUT2D eigenvalue weighted by molar-refractivity contribution is 0.0992. The highest BCUT2D eigenvalue weighted by Crippen LogP contribution is 2.31. The molecule has 0 fully saturated rings. The highest BCUT2D eigenvalue weighted by atomic mass is 16.5. The number of fused-ring (bicyclic) bond motifs is 3. The molecular formula is C11H7N2O2-. The van der Waals surface area contributed by atoms with Gasteiger partial charge >= 0.3 is 0 Å². The maximum Gasteiger partial charge on any atom is 0.169 e. The minimum absolute atomic E-state index is 0.0138. The lowest BCUT2D eigenvalue weighted by Crippen LogP contribution is -2.11. The van der Waals surface area contributed by atoms with E-state index in [0.717, 1.165) is 11.3 Å². The van der Waals surface area contributed by atoms with Crippen LogP contribution in [-0.2, 0) is 6.42 Å². The second kappa shape index (κ2) is 2.70. The van der Waals surface area contributed by atoms with Gasteiger partial charge in [0.2, 0.25) is 0 Å². The van der Waals surface area contributed by atoms with Crippen molar-refractivity contribution in [2.75, 3.05) is 0 Å². The Morgan fingerprint density at radius 3 is 3.00 bits per heavy atom. The van der Waals surface area contributed by atoms with Crippen LogP contribution in [0.15, 0.2) is 30.7 Å². The summed E-state index contributed by atoms with van der Waals surface area (Å²) < 4.78 is 0.659. The van der Waals surface area contributed by atoms with E-state index in [4.69, 9.17) is 0 Å². The molecule has 0 N–H and O–H groups in total. The molecular weight excluding hydrogens is 192 g/mol. The maximum atomic E-state index is 11.7. The van der Waals surface area contributed by atoms with E-state index in [0.29, 0.717) is 22.3 Å². The summed E-state index contributed by atoms with van der Waals surface area (Å²) >= 11 is 0. The van der Waals surface area contributed by atoms with Gasteiger partial charge in [-0.05, 0) is 11.6 Å². The summed E-state index contributed by atoms with van der Waals surface area (Å²) in [6.45, 7) is 0. The lowest BCUT2D eigenvalue weighted by Gasteiger charge is -2.13. The van der Waals surface area contributed by atoms with E-state index in [2.05, 4.69) is 4.98 Å². The minimum Gasteiger partial charge on any atom is -0.806 e. The molecule has 2 heterocycles. The minimum atomic E-state index is -0.0138. The van der Waals surface area contributed by atoms with Crippen LogP contribution in [0.5, 0.6) is 0 Å². The number of Topliss-reactive ketones (excluding diaryl/α,β-unsaturated/α-hetero) is 1. The molecule has 2 aromatic heterocycles. The van der Waals surface area contributed by atoms with Crippen LogP contribution in [0, 0.1) is 5.21 Å². The quantitative estimate of drug-likeness (QED) is 0.648. The number of carbonyl (C=O) groups excluding carboxylic acids is 1. The SMILES string of the molecule is O=C1Cc2cccnc2-c2cn([O-])cc21. The smallest absolute Gasteiger partial charge is 0.169 e. The van der Waals surface area contributed by atoms with E-state index < -0.39 is 0 Å². The third-order valence-electron chi connectivity index (χ3n) is 2.60. The number of pyridine rings is 1. The predicted molar refractivity (Wildman–Crippen MR) is 54.5 cm³/mol. The van der Waals surface area contributed by atoms with Crippen molar-refractivity contribution < 1.29 is 4.79 Å². The molecule has 0 atom stereocenters. The standard InChI is InChI=1S/C11H7N2O2/c14-10-4-7-2-1-3-12-11(7)9-6-13(15)5-8(9)10/h1-3,5-6H,4H2/q-1. The Morgan fingerprint density at radius 2 is 2.13 bits per heavy atom. The Bertz CT molecular complexity index is 557. The summed E-state index contributed by atoms with van der Waals surface area (Å²) in [7, 11) is 0. The van der Waals surface area contributed by atoms with Crippen LogP contribution in [0.3, 0.4) is 0 Å². The topological polar surface area (TPSA) is 58.0 Å². The van der Waals surface area contributed by atoms with E-state index in [9.17, 15) is 10.0 Å². The number of carbonyl (C=O) groups is 1. The summed E-state index contributed by atoms with van der Waals surface area (Å²) in [5.74, 6) is -0.0138. The zero-order valence-corrected chi connectivity index (χ0v) is 7.80. The maximum absolute atomic E-state index is 11.7. The van der Waals surface area contributed by atoms with Gasteiger partial charge in [-0.25, -0.2) is 0 Å². The summed E-state index contributed by atoms with van der Waals surface area (Å²) in [4.78, 5) is 15.9. The van der Waals surface area contributed by atoms with Crippen molar-refractivity contribution in [1.82, 2.24) is 9.71 Å². The van der Waals surface area contributed by atoms with E-state index in [1.807, 2.05) is 6.07 Å². The van der Waals surface area contributed by atoms with Crippen LogP contribution in [0.4, 0.5) is 0 Å². The summed E-state index contributed by atoms with van der Waals surface area (Å²) in [6, 6.07) is 3.66. The van der Waals surface area contributed by atoms with E-state index >= 15 is 0 Å². The zero-order chi connectivity index (χ0) is 10.4. The monoisotopic (exact) mass is 199 g/mol. The van der Waals surface area contributed by atoms with Crippen LogP contribution < -0.4 is 0 Å². The molecule has 0 amide bonds. The Morgan fingerprint density at radius 1 is 1.33 bits per heavy atom. The van der Waals surface area contributed by atoms with Crippen molar-refractivity contribution >= 4 is 5.78 Å². The molecule has 0 radical (unpaired) electrons. The Kier molecular flexibility index (Phi) is 1.48. The predicted octanol–water partition coefficient (Wildman–Crippen LogP) is 1.63. The Balaban J connectivity index is 2.34. The Labute approximate surface area is 85.8 Å². The zero-order valence-electron chi connectivity index (χ0n) is 7.80.